The van der Waals surface area contributed by atoms with Crippen molar-refractivity contribution in [1.82, 2.24) is 5.32 Å². The van der Waals surface area contributed by atoms with Gasteiger partial charge in [0, 0.05) is 12.2 Å². The van der Waals surface area contributed by atoms with Gasteiger partial charge in [-0.2, -0.15) is 0 Å². The zero-order valence-corrected chi connectivity index (χ0v) is 14.4. The highest BCUT2D eigenvalue weighted by atomic mass is 16.2. The Bertz CT molecular complexity index is 691. The predicted molar refractivity (Wildman–Crippen MR) is 96.7 cm³/mol. The number of carbonyl (C=O) groups is 2. The highest BCUT2D eigenvalue weighted by molar-refractivity contribution is 6.09. The molecule has 0 aromatic heterocycles. The smallest absolute Gasteiger partial charge is 0.239 e. The highest BCUT2D eigenvalue weighted by Gasteiger charge is 2.35. The summed E-state index contributed by atoms with van der Waals surface area (Å²) < 4.78 is 0. The van der Waals surface area contributed by atoms with Gasteiger partial charge in [0.25, 0.3) is 0 Å². The molecule has 0 bridgehead atoms. The van der Waals surface area contributed by atoms with E-state index in [-0.39, 0.29) is 11.8 Å². The molecule has 4 heteroatoms. The Morgan fingerprint density at radius 2 is 1.54 bits per heavy atom. The van der Waals surface area contributed by atoms with Crippen LogP contribution >= 0.6 is 0 Å². The summed E-state index contributed by atoms with van der Waals surface area (Å²) in [4.78, 5) is 24.8. The zero-order chi connectivity index (χ0) is 17.6. The van der Waals surface area contributed by atoms with Crippen molar-refractivity contribution < 1.29 is 9.59 Å². The Morgan fingerprint density at radius 1 is 0.917 bits per heavy atom. The molecule has 0 atom stereocenters. The molecule has 2 N–H and O–H groups in total. The first-order valence-electron chi connectivity index (χ1n) is 8.10. The lowest BCUT2D eigenvalue weighted by atomic mass is 9.90. The van der Waals surface area contributed by atoms with Crippen molar-refractivity contribution in [3.63, 3.8) is 0 Å². The number of hydrogen-bond donors (Lipinski definition) is 2. The van der Waals surface area contributed by atoms with Crippen molar-refractivity contribution in [2.45, 2.75) is 27.2 Å². The lowest BCUT2D eigenvalue weighted by Crippen LogP contribution is -2.45. The standard InChI is InChI=1S/C20H24N2O2/c1-15-9-11-17(12-10-15)22-19(24)20(2,3)18(23)21-14-13-16-7-5-4-6-8-16/h4-12H,13-14H2,1-3H3,(H,21,23)(H,22,24). The van der Waals surface area contributed by atoms with E-state index in [0.717, 1.165) is 17.5 Å². The van der Waals surface area contributed by atoms with E-state index in [9.17, 15) is 9.59 Å². The monoisotopic (exact) mass is 324 g/mol. The normalized spacial score (nSPS) is 11.0. The maximum atomic E-state index is 12.4. The fraction of sp³-hybridized carbons (Fsp3) is 0.300. The van der Waals surface area contributed by atoms with Crippen LogP contribution in [0.3, 0.4) is 0 Å². The van der Waals surface area contributed by atoms with Gasteiger partial charge in [-0.3, -0.25) is 9.59 Å². The van der Waals surface area contributed by atoms with Gasteiger partial charge in [-0.15, -0.1) is 0 Å². The fourth-order valence-corrected chi connectivity index (χ4v) is 2.21. The summed E-state index contributed by atoms with van der Waals surface area (Å²) in [5.74, 6) is -0.591. The Balaban J connectivity index is 1.89. The SMILES string of the molecule is Cc1ccc(NC(=O)C(C)(C)C(=O)NCCc2ccccc2)cc1. The van der Waals surface area contributed by atoms with Crippen molar-refractivity contribution in [3.05, 3.63) is 65.7 Å². The van der Waals surface area contributed by atoms with Crippen LogP contribution in [0.2, 0.25) is 0 Å². The van der Waals surface area contributed by atoms with Crippen molar-refractivity contribution in [1.29, 1.82) is 0 Å². The van der Waals surface area contributed by atoms with E-state index in [4.69, 9.17) is 0 Å². The summed E-state index contributed by atoms with van der Waals surface area (Å²) >= 11 is 0. The molecule has 0 aliphatic heterocycles. The number of hydrogen-bond acceptors (Lipinski definition) is 2. The van der Waals surface area contributed by atoms with Crippen molar-refractivity contribution in [2.24, 2.45) is 5.41 Å². The van der Waals surface area contributed by atoms with Crippen LogP contribution in [0.15, 0.2) is 54.6 Å². The summed E-state index contributed by atoms with van der Waals surface area (Å²) in [5.41, 5.74) is 1.82. The number of amides is 2. The highest BCUT2D eigenvalue weighted by Crippen LogP contribution is 2.19. The molecular weight excluding hydrogens is 300 g/mol. The molecule has 0 heterocycles. The summed E-state index contributed by atoms with van der Waals surface area (Å²) in [7, 11) is 0. The van der Waals surface area contributed by atoms with Crippen LogP contribution in [0.5, 0.6) is 0 Å². The van der Waals surface area contributed by atoms with Gasteiger partial charge in [0.2, 0.25) is 11.8 Å². The Hall–Kier alpha value is -2.62. The molecule has 0 fully saturated rings. The van der Waals surface area contributed by atoms with Gasteiger partial charge in [0.15, 0.2) is 0 Å². The van der Waals surface area contributed by atoms with E-state index >= 15 is 0 Å². The molecule has 0 saturated carbocycles. The van der Waals surface area contributed by atoms with Crippen molar-refractivity contribution >= 4 is 17.5 Å². The molecular formula is C20H24N2O2. The number of rotatable bonds is 6. The van der Waals surface area contributed by atoms with Gasteiger partial charge in [0.1, 0.15) is 5.41 Å². The van der Waals surface area contributed by atoms with Crippen LogP contribution in [0.25, 0.3) is 0 Å². The first kappa shape index (κ1) is 17.7. The molecule has 0 aliphatic carbocycles. The lowest BCUT2D eigenvalue weighted by molar-refractivity contribution is -0.138. The van der Waals surface area contributed by atoms with Gasteiger partial charge in [-0.25, -0.2) is 0 Å². The van der Waals surface area contributed by atoms with Crippen LogP contribution < -0.4 is 10.6 Å². The summed E-state index contributed by atoms with van der Waals surface area (Å²) in [5, 5.41) is 5.65. The van der Waals surface area contributed by atoms with Gasteiger partial charge in [-0.1, -0.05) is 48.0 Å². The first-order valence-corrected chi connectivity index (χ1v) is 8.10. The maximum Gasteiger partial charge on any atom is 0.239 e. The van der Waals surface area contributed by atoms with E-state index < -0.39 is 5.41 Å². The average molecular weight is 324 g/mol. The quantitative estimate of drug-likeness (QED) is 0.801. The van der Waals surface area contributed by atoms with Gasteiger partial charge in [-0.05, 0) is 44.9 Å². The van der Waals surface area contributed by atoms with E-state index in [0.29, 0.717) is 12.2 Å². The minimum Gasteiger partial charge on any atom is -0.355 e. The fourth-order valence-electron chi connectivity index (χ4n) is 2.21. The minimum absolute atomic E-state index is 0.275. The van der Waals surface area contributed by atoms with Gasteiger partial charge < -0.3 is 10.6 Å². The molecule has 2 amide bonds. The topological polar surface area (TPSA) is 58.2 Å². The number of anilines is 1. The van der Waals surface area contributed by atoms with Crippen LogP contribution in [0.4, 0.5) is 5.69 Å². The Labute approximate surface area is 143 Å². The van der Waals surface area contributed by atoms with Crippen LogP contribution in [-0.4, -0.2) is 18.4 Å². The van der Waals surface area contributed by atoms with Crippen molar-refractivity contribution in [2.75, 3.05) is 11.9 Å². The van der Waals surface area contributed by atoms with Crippen LogP contribution in [-0.2, 0) is 16.0 Å². The minimum atomic E-state index is -1.14. The molecule has 0 radical (unpaired) electrons. The maximum absolute atomic E-state index is 12.4. The summed E-state index contributed by atoms with van der Waals surface area (Å²) in [6.07, 6.45) is 0.738. The third-order valence-corrected chi connectivity index (χ3v) is 3.99. The first-order chi connectivity index (χ1) is 11.4. The van der Waals surface area contributed by atoms with Crippen LogP contribution in [0.1, 0.15) is 25.0 Å². The predicted octanol–water partition coefficient (Wildman–Crippen LogP) is 3.32. The second-order valence-electron chi connectivity index (χ2n) is 6.44. The molecule has 24 heavy (non-hydrogen) atoms. The molecule has 0 spiro atoms. The van der Waals surface area contributed by atoms with E-state index in [2.05, 4.69) is 10.6 Å². The molecule has 0 aliphatic rings. The van der Waals surface area contributed by atoms with E-state index in [1.807, 2.05) is 61.5 Å². The Morgan fingerprint density at radius 3 is 2.17 bits per heavy atom. The number of carbonyl (C=O) groups excluding carboxylic acids is 2. The largest absolute Gasteiger partial charge is 0.355 e. The van der Waals surface area contributed by atoms with E-state index in [1.165, 1.54) is 0 Å². The summed E-state index contributed by atoms with van der Waals surface area (Å²) in [6.45, 7) is 5.75. The van der Waals surface area contributed by atoms with E-state index in [1.54, 1.807) is 13.8 Å². The second-order valence-corrected chi connectivity index (χ2v) is 6.44. The zero-order valence-electron chi connectivity index (χ0n) is 14.4. The lowest BCUT2D eigenvalue weighted by Gasteiger charge is -2.22. The third-order valence-electron chi connectivity index (χ3n) is 3.99. The molecule has 2 rings (SSSR count). The summed E-state index contributed by atoms with van der Waals surface area (Å²) in [6, 6.07) is 17.4. The molecule has 4 nitrogen and oxygen atoms in total. The number of benzene rings is 2. The molecule has 0 saturated heterocycles. The third kappa shape index (κ3) is 4.69. The van der Waals surface area contributed by atoms with Crippen LogP contribution in [0, 0.1) is 12.3 Å². The Kier molecular flexibility index (Phi) is 5.74. The molecule has 2 aromatic carbocycles. The van der Waals surface area contributed by atoms with Gasteiger partial charge >= 0.3 is 0 Å². The number of nitrogens with one attached hydrogen (secondary N) is 2. The second kappa shape index (κ2) is 7.77. The molecule has 126 valence electrons. The van der Waals surface area contributed by atoms with Gasteiger partial charge in [0.05, 0.1) is 0 Å². The molecule has 2 aromatic rings. The average Bonchev–Trinajstić information content (AvgIpc) is 2.57. The van der Waals surface area contributed by atoms with Crippen molar-refractivity contribution in [3.8, 4) is 0 Å². The number of aryl methyl sites for hydroxylation is 1. The molecule has 0 unspecified atom stereocenters.